The fourth-order valence-electron chi connectivity index (χ4n) is 1.06. The highest BCUT2D eigenvalue weighted by atomic mass is 16.4. The second kappa shape index (κ2) is 3.94. The molecule has 0 saturated heterocycles. The van der Waals surface area contributed by atoms with Crippen molar-refractivity contribution >= 4 is 11.4 Å². The van der Waals surface area contributed by atoms with Crippen LogP contribution in [0.1, 0.15) is 12.5 Å². The molecule has 1 N–H and O–H groups in total. The minimum atomic E-state index is 0.630. The average Bonchev–Trinajstić information content (AvgIpc) is 2.17. The van der Waals surface area contributed by atoms with Gasteiger partial charge in [0.25, 0.3) is 0 Å². The van der Waals surface area contributed by atoms with Crippen molar-refractivity contribution in [2.75, 3.05) is 19.0 Å². The Morgan fingerprint density at radius 2 is 1.77 bits per heavy atom. The van der Waals surface area contributed by atoms with E-state index in [0.717, 1.165) is 11.3 Å². The first-order valence-electron chi connectivity index (χ1n) is 4.11. The van der Waals surface area contributed by atoms with Gasteiger partial charge in [-0.15, -0.1) is 0 Å². The van der Waals surface area contributed by atoms with E-state index in [1.807, 2.05) is 43.3 Å². The summed E-state index contributed by atoms with van der Waals surface area (Å²) < 4.78 is 0. The summed E-state index contributed by atoms with van der Waals surface area (Å²) in [4.78, 5) is 2.02. The summed E-state index contributed by atoms with van der Waals surface area (Å²) in [6.07, 6.45) is 0. The summed E-state index contributed by atoms with van der Waals surface area (Å²) in [5.74, 6) is 0. The third-order valence-electron chi connectivity index (χ3n) is 1.95. The predicted molar refractivity (Wildman–Crippen MR) is 54.8 cm³/mol. The molecule has 0 spiro atoms. The summed E-state index contributed by atoms with van der Waals surface area (Å²) in [6.45, 7) is 1.77. The fourth-order valence-corrected chi connectivity index (χ4v) is 1.06. The van der Waals surface area contributed by atoms with Crippen LogP contribution in [-0.4, -0.2) is 25.0 Å². The first-order valence-corrected chi connectivity index (χ1v) is 4.11. The van der Waals surface area contributed by atoms with Gasteiger partial charge in [-0.2, -0.15) is 0 Å². The van der Waals surface area contributed by atoms with Crippen molar-refractivity contribution in [2.45, 2.75) is 6.92 Å². The van der Waals surface area contributed by atoms with Crippen molar-refractivity contribution in [2.24, 2.45) is 5.16 Å². The molecule has 0 fully saturated rings. The van der Waals surface area contributed by atoms with E-state index >= 15 is 0 Å². The van der Waals surface area contributed by atoms with Crippen LogP contribution in [0.15, 0.2) is 29.4 Å². The van der Waals surface area contributed by atoms with E-state index in [1.54, 1.807) is 6.92 Å². The van der Waals surface area contributed by atoms with Crippen LogP contribution in [0.25, 0.3) is 0 Å². The Morgan fingerprint density at radius 3 is 2.15 bits per heavy atom. The molecule has 1 aromatic rings. The molecule has 0 amide bonds. The van der Waals surface area contributed by atoms with Gasteiger partial charge in [0.15, 0.2) is 0 Å². The third-order valence-corrected chi connectivity index (χ3v) is 1.95. The first kappa shape index (κ1) is 9.58. The Morgan fingerprint density at radius 1 is 1.23 bits per heavy atom. The molecule has 1 rings (SSSR count). The number of benzene rings is 1. The van der Waals surface area contributed by atoms with Crippen LogP contribution < -0.4 is 4.90 Å². The lowest BCUT2D eigenvalue weighted by atomic mass is 10.1. The molecular weight excluding hydrogens is 164 g/mol. The molecule has 0 unspecified atom stereocenters. The van der Waals surface area contributed by atoms with E-state index < -0.39 is 0 Å². The van der Waals surface area contributed by atoms with Crippen LogP contribution in [-0.2, 0) is 0 Å². The zero-order chi connectivity index (χ0) is 9.84. The highest BCUT2D eigenvalue weighted by Crippen LogP contribution is 2.12. The van der Waals surface area contributed by atoms with Gasteiger partial charge in [0.1, 0.15) is 0 Å². The molecular formula is C10H14N2O. The van der Waals surface area contributed by atoms with E-state index in [4.69, 9.17) is 5.21 Å². The van der Waals surface area contributed by atoms with Crippen LogP contribution in [0.2, 0.25) is 0 Å². The van der Waals surface area contributed by atoms with Gasteiger partial charge in [0.2, 0.25) is 0 Å². The van der Waals surface area contributed by atoms with E-state index in [-0.39, 0.29) is 0 Å². The van der Waals surface area contributed by atoms with Crippen molar-refractivity contribution in [3.05, 3.63) is 29.8 Å². The Kier molecular flexibility index (Phi) is 2.90. The van der Waals surface area contributed by atoms with Crippen molar-refractivity contribution in [1.82, 2.24) is 0 Å². The molecule has 0 heterocycles. The van der Waals surface area contributed by atoms with Crippen LogP contribution >= 0.6 is 0 Å². The number of nitrogens with zero attached hydrogens (tertiary/aromatic N) is 2. The van der Waals surface area contributed by atoms with Gasteiger partial charge < -0.3 is 10.1 Å². The zero-order valence-corrected chi connectivity index (χ0v) is 8.15. The SMILES string of the molecule is CC(=NO)c1ccc(N(C)C)cc1. The van der Waals surface area contributed by atoms with Gasteiger partial charge in [0, 0.05) is 19.8 Å². The minimum absolute atomic E-state index is 0.630. The molecule has 0 atom stereocenters. The molecule has 1 aromatic carbocycles. The zero-order valence-electron chi connectivity index (χ0n) is 8.15. The van der Waals surface area contributed by atoms with Crippen LogP contribution in [0.5, 0.6) is 0 Å². The minimum Gasteiger partial charge on any atom is -0.411 e. The smallest absolute Gasteiger partial charge is 0.0836 e. The lowest BCUT2D eigenvalue weighted by molar-refractivity contribution is 0.319. The highest BCUT2D eigenvalue weighted by Gasteiger charge is 1.98. The topological polar surface area (TPSA) is 35.8 Å². The number of anilines is 1. The molecule has 0 radical (unpaired) electrons. The standard InChI is InChI=1S/C10H14N2O/c1-8(11-13)9-4-6-10(7-5-9)12(2)3/h4-7,13H,1-3H3. The van der Waals surface area contributed by atoms with E-state index in [9.17, 15) is 0 Å². The molecule has 3 heteroatoms. The Hall–Kier alpha value is -1.51. The largest absolute Gasteiger partial charge is 0.411 e. The molecule has 3 nitrogen and oxygen atoms in total. The monoisotopic (exact) mass is 178 g/mol. The van der Waals surface area contributed by atoms with Crippen molar-refractivity contribution in [3.8, 4) is 0 Å². The van der Waals surface area contributed by atoms with Gasteiger partial charge in [-0.25, -0.2) is 0 Å². The third kappa shape index (κ3) is 2.21. The van der Waals surface area contributed by atoms with Crippen LogP contribution in [0.3, 0.4) is 0 Å². The molecule has 70 valence electrons. The van der Waals surface area contributed by atoms with Crippen molar-refractivity contribution in [1.29, 1.82) is 0 Å². The molecule has 0 saturated carbocycles. The maximum Gasteiger partial charge on any atom is 0.0836 e. The van der Waals surface area contributed by atoms with Gasteiger partial charge in [-0.3, -0.25) is 0 Å². The quantitative estimate of drug-likeness (QED) is 0.427. The van der Waals surface area contributed by atoms with E-state index in [0.29, 0.717) is 5.71 Å². The predicted octanol–water partition coefficient (Wildman–Crippen LogP) is 1.95. The molecule has 13 heavy (non-hydrogen) atoms. The number of oxime groups is 1. The second-order valence-corrected chi connectivity index (χ2v) is 3.13. The van der Waals surface area contributed by atoms with Gasteiger partial charge >= 0.3 is 0 Å². The first-order chi connectivity index (χ1) is 6.15. The lowest BCUT2D eigenvalue weighted by Crippen LogP contribution is -2.08. The van der Waals surface area contributed by atoms with E-state index in [2.05, 4.69) is 5.16 Å². The lowest BCUT2D eigenvalue weighted by Gasteiger charge is -2.12. The van der Waals surface area contributed by atoms with Gasteiger partial charge in [-0.1, -0.05) is 17.3 Å². The van der Waals surface area contributed by atoms with Gasteiger partial charge in [0.05, 0.1) is 5.71 Å². The summed E-state index contributed by atoms with van der Waals surface area (Å²) in [7, 11) is 3.98. The van der Waals surface area contributed by atoms with Crippen molar-refractivity contribution < 1.29 is 5.21 Å². The number of hydrogen-bond donors (Lipinski definition) is 1. The number of rotatable bonds is 2. The Balaban J connectivity index is 2.94. The molecule has 0 aliphatic rings. The number of hydrogen-bond acceptors (Lipinski definition) is 3. The fraction of sp³-hybridized carbons (Fsp3) is 0.300. The summed E-state index contributed by atoms with van der Waals surface area (Å²) in [5.41, 5.74) is 2.70. The van der Waals surface area contributed by atoms with Gasteiger partial charge in [-0.05, 0) is 24.6 Å². The second-order valence-electron chi connectivity index (χ2n) is 3.13. The van der Waals surface area contributed by atoms with Crippen LogP contribution in [0.4, 0.5) is 5.69 Å². The normalized spacial score (nSPS) is 11.5. The average molecular weight is 178 g/mol. The maximum atomic E-state index is 8.54. The molecule has 0 aliphatic heterocycles. The van der Waals surface area contributed by atoms with Crippen molar-refractivity contribution in [3.63, 3.8) is 0 Å². The Labute approximate surface area is 78.3 Å². The molecule has 0 aliphatic carbocycles. The molecule has 0 aromatic heterocycles. The summed E-state index contributed by atoms with van der Waals surface area (Å²) >= 11 is 0. The van der Waals surface area contributed by atoms with Crippen LogP contribution in [0, 0.1) is 0 Å². The van der Waals surface area contributed by atoms with E-state index in [1.165, 1.54) is 0 Å². The Bertz CT molecular complexity index is 301. The molecule has 0 bridgehead atoms. The highest BCUT2D eigenvalue weighted by molar-refractivity contribution is 5.98. The summed E-state index contributed by atoms with van der Waals surface area (Å²) in [6, 6.07) is 7.85. The summed E-state index contributed by atoms with van der Waals surface area (Å²) in [5, 5.41) is 11.7. The maximum absolute atomic E-state index is 8.54.